The van der Waals surface area contributed by atoms with E-state index in [2.05, 4.69) is 13.2 Å². The minimum Gasteiger partial charge on any atom is -0.382 e. The Morgan fingerprint density at radius 3 is 2.64 bits per heavy atom. The molecule has 1 heterocycles. The minimum absolute atomic E-state index is 0.156. The van der Waals surface area contributed by atoms with Crippen LogP contribution in [0.15, 0.2) is 13.2 Å². The van der Waals surface area contributed by atoms with E-state index in [0.717, 1.165) is 6.61 Å². The van der Waals surface area contributed by atoms with Gasteiger partial charge in [-0.15, -0.1) is 13.2 Å². The Morgan fingerprint density at radius 2 is 2.18 bits per heavy atom. The third kappa shape index (κ3) is 4.95. The van der Waals surface area contributed by atoms with Gasteiger partial charge in [0.2, 0.25) is 0 Å². The van der Waals surface area contributed by atoms with E-state index in [4.69, 9.17) is 14.2 Å². The zero-order valence-electron chi connectivity index (χ0n) is 7.04. The van der Waals surface area contributed by atoms with Gasteiger partial charge < -0.3 is 14.2 Å². The van der Waals surface area contributed by atoms with Gasteiger partial charge in [0, 0.05) is 7.11 Å². The Hall–Kier alpha value is -0.380. The molecule has 1 aliphatic rings. The zero-order valence-corrected chi connectivity index (χ0v) is 7.04. The highest BCUT2D eigenvalue weighted by Crippen LogP contribution is 1.99. The van der Waals surface area contributed by atoms with Crippen LogP contribution in [0.25, 0.3) is 0 Å². The molecule has 11 heavy (non-hydrogen) atoms. The van der Waals surface area contributed by atoms with Gasteiger partial charge in [0.25, 0.3) is 0 Å². The summed E-state index contributed by atoms with van der Waals surface area (Å²) in [6.07, 6.45) is 0.156. The largest absolute Gasteiger partial charge is 0.382 e. The fraction of sp³-hybridized carbons (Fsp3) is 0.750. The Balaban J connectivity index is 0.000000461. The lowest BCUT2D eigenvalue weighted by Gasteiger charge is -2.21. The van der Waals surface area contributed by atoms with E-state index in [9.17, 15) is 0 Å². The summed E-state index contributed by atoms with van der Waals surface area (Å²) in [4.78, 5) is 0. The molecule has 1 aliphatic heterocycles. The molecule has 1 rings (SSSR count). The molecule has 0 amide bonds. The lowest BCUT2D eigenvalue weighted by atomic mass is 10.4. The summed E-state index contributed by atoms with van der Waals surface area (Å²) in [6.45, 7) is 8.74. The van der Waals surface area contributed by atoms with Gasteiger partial charge in [-0.3, -0.25) is 0 Å². The van der Waals surface area contributed by atoms with Crippen molar-refractivity contribution in [1.82, 2.24) is 0 Å². The molecule has 0 bridgehead atoms. The monoisotopic (exact) mass is 160 g/mol. The van der Waals surface area contributed by atoms with Crippen molar-refractivity contribution in [3.05, 3.63) is 13.2 Å². The highest BCUT2D eigenvalue weighted by Gasteiger charge is 2.12. The maximum atomic E-state index is 5.27. The molecule has 1 unspecified atom stereocenters. The van der Waals surface area contributed by atoms with Crippen LogP contribution in [-0.2, 0) is 14.2 Å². The highest BCUT2D eigenvalue weighted by atomic mass is 16.6. The first-order valence-electron chi connectivity index (χ1n) is 3.62. The number of hydrogen-bond donors (Lipinski definition) is 0. The van der Waals surface area contributed by atoms with Gasteiger partial charge in [0.1, 0.15) is 6.10 Å². The molecule has 3 heteroatoms. The lowest BCUT2D eigenvalue weighted by molar-refractivity contribution is -0.110. The summed E-state index contributed by atoms with van der Waals surface area (Å²) in [5, 5.41) is 0. The zero-order chi connectivity index (χ0) is 8.53. The smallest absolute Gasteiger partial charge is 0.104 e. The van der Waals surface area contributed by atoms with Crippen LogP contribution >= 0.6 is 0 Å². The maximum Gasteiger partial charge on any atom is 0.104 e. The van der Waals surface area contributed by atoms with Gasteiger partial charge in [0.05, 0.1) is 26.4 Å². The Kier molecular flexibility index (Phi) is 7.46. The van der Waals surface area contributed by atoms with Crippen LogP contribution in [0.4, 0.5) is 0 Å². The van der Waals surface area contributed by atoms with Crippen molar-refractivity contribution in [2.24, 2.45) is 0 Å². The van der Waals surface area contributed by atoms with Crippen LogP contribution in [0.1, 0.15) is 0 Å². The van der Waals surface area contributed by atoms with E-state index >= 15 is 0 Å². The van der Waals surface area contributed by atoms with Gasteiger partial charge >= 0.3 is 0 Å². The molecule has 0 saturated carbocycles. The van der Waals surface area contributed by atoms with Crippen LogP contribution in [0.3, 0.4) is 0 Å². The summed E-state index contributed by atoms with van der Waals surface area (Å²) < 4.78 is 15.3. The number of methoxy groups -OCH3 is 1. The summed E-state index contributed by atoms with van der Waals surface area (Å²) >= 11 is 0. The third-order valence-electron chi connectivity index (χ3n) is 1.24. The second-order valence-corrected chi connectivity index (χ2v) is 2.02. The molecular formula is C8H16O3. The second kappa shape index (κ2) is 7.72. The van der Waals surface area contributed by atoms with Crippen molar-refractivity contribution in [2.75, 3.05) is 33.5 Å². The molecule has 66 valence electrons. The average molecular weight is 160 g/mol. The van der Waals surface area contributed by atoms with Crippen LogP contribution in [0.2, 0.25) is 0 Å². The van der Waals surface area contributed by atoms with E-state index in [1.165, 1.54) is 0 Å². The van der Waals surface area contributed by atoms with Gasteiger partial charge in [-0.1, -0.05) is 0 Å². The van der Waals surface area contributed by atoms with Crippen molar-refractivity contribution in [3.63, 3.8) is 0 Å². The molecule has 1 atom stereocenters. The van der Waals surface area contributed by atoms with Crippen LogP contribution in [0, 0.1) is 0 Å². The van der Waals surface area contributed by atoms with E-state index < -0.39 is 0 Å². The first-order valence-corrected chi connectivity index (χ1v) is 3.62. The SMILES string of the molecule is C=C.COCC1COCCO1. The minimum atomic E-state index is 0.156. The van der Waals surface area contributed by atoms with Crippen molar-refractivity contribution >= 4 is 0 Å². The fourth-order valence-electron chi connectivity index (χ4n) is 0.819. The molecule has 0 aromatic rings. The molecule has 0 N–H and O–H groups in total. The van der Waals surface area contributed by atoms with Crippen LogP contribution < -0.4 is 0 Å². The van der Waals surface area contributed by atoms with Gasteiger partial charge in [0.15, 0.2) is 0 Å². The summed E-state index contributed by atoms with van der Waals surface area (Å²) in [7, 11) is 1.66. The second-order valence-electron chi connectivity index (χ2n) is 2.02. The fourth-order valence-corrected chi connectivity index (χ4v) is 0.819. The predicted molar refractivity (Wildman–Crippen MR) is 43.7 cm³/mol. The molecule has 0 aliphatic carbocycles. The first-order chi connectivity index (χ1) is 5.43. The number of hydrogen-bond acceptors (Lipinski definition) is 3. The Labute approximate surface area is 67.9 Å². The third-order valence-corrected chi connectivity index (χ3v) is 1.24. The molecule has 3 nitrogen and oxygen atoms in total. The first kappa shape index (κ1) is 10.6. The quantitative estimate of drug-likeness (QED) is 0.560. The Morgan fingerprint density at radius 1 is 1.45 bits per heavy atom. The molecule has 0 aromatic carbocycles. The summed E-state index contributed by atoms with van der Waals surface area (Å²) in [6, 6.07) is 0. The van der Waals surface area contributed by atoms with E-state index in [1.807, 2.05) is 0 Å². The molecule has 0 spiro atoms. The van der Waals surface area contributed by atoms with Crippen LogP contribution in [-0.4, -0.2) is 39.6 Å². The number of rotatable bonds is 2. The van der Waals surface area contributed by atoms with E-state index in [1.54, 1.807) is 7.11 Å². The standard InChI is InChI=1S/C6H12O3.C2H4/c1-7-4-6-5-8-2-3-9-6;1-2/h6H,2-5H2,1H3;1-2H2. The average Bonchev–Trinajstić information content (AvgIpc) is 2.11. The van der Waals surface area contributed by atoms with Gasteiger partial charge in [-0.05, 0) is 0 Å². The predicted octanol–water partition coefficient (Wildman–Crippen LogP) is 0.850. The molecule has 0 aromatic heterocycles. The van der Waals surface area contributed by atoms with Crippen molar-refractivity contribution in [2.45, 2.75) is 6.10 Å². The molecule has 1 fully saturated rings. The summed E-state index contributed by atoms with van der Waals surface area (Å²) in [5.74, 6) is 0. The summed E-state index contributed by atoms with van der Waals surface area (Å²) in [5.41, 5.74) is 0. The maximum absolute atomic E-state index is 5.27. The number of ether oxygens (including phenoxy) is 3. The van der Waals surface area contributed by atoms with Crippen LogP contribution in [0.5, 0.6) is 0 Å². The Bertz CT molecular complexity index is 76.7. The van der Waals surface area contributed by atoms with Crippen molar-refractivity contribution < 1.29 is 14.2 Å². The lowest BCUT2D eigenvalue weighted by Crippen LogP contribution is -2.31. The van der Waals surface area contributed by atoms with Gasteiger partial charge in [-0.25, -0.2) is 0 Å². The van der Waals surface area contributed by atoms with Gasteiger partial charge in [-0.2, -0.15) is 0 Å². The van der Waals surface area contributed by atoms with Crippen molar-refractivity contribution in [3.8, 4) is 0 Å². The van der Waals surface area contributed by atoms with E-state index in [-0.39, 0.29) is 6.10 Å². The van der Waals surface area contributed by atoms with Crippen molar-refractivity contribution in [1.29, 1.82) is 0 Å². The normalized spacial score (nSPS) is 23.5. The van der Waals surface area contributed by atoms with E-state index in [0.29, 0.717) is 19.8 Å². The molecular weight excluding hydrogens is 144 g/mol. The molecule has 0 radical (unpaired) electrons. The topological polar surface area (TPSA) is 27.7 Å². The molecule has 1 saturated heterocycles. The highest BCUT2D eigenvalue weighted by molar-refractivity contribution is 4.58.